The maximum atomic E-state index is 12.1. The maximum Gasteiger partial charge on any atom is 0.242 e. The Bertz CT molecular complexity index is 450. The first-order valence-electron chi connectivity index (χ1n) is 7.19. The highest BCUT2D eigenvalue weighted by molar-refractivity contribution is 5.94. The molecule has 6 nitrogen and oxygen atoms in total. The van der Waals surface area contributed by atoms with Crippen LogP contribution >= 0.6 is 12.4 Å². The fourth-order valence-electron chi connectivity index (χ4n) is 2.24. The Labute approximate surface area is 132 Å². The molecule has 0 aromatic carbocycles. The smallest absolute Gasteiger partial charge is 0.242 e. The molecule has 0 radical (unpaired) electrons. The quantitative estimate of drug-likeness (QED) is 0.837. The van der Waals surface area contributed by atoms with Crippen molar-refractivity contribution in [2.45, 2.75) is 45.4 Å². The summed E-state index contributed by atoms with van der Waals surface area (Å²) < 4.78 is 7.11. The van der Waals surface area contributed by atoms with Crippen molar-refractivity contribution >= 4 is 24.1 Å². The number of nitrogens with zero attached hydrogens (tertiary/aromatic N) is 2. The van der Waals surface area contributed by atoms with Crippen molar-refractivity contribution in [2.24, 2.45) is 5.92 Å². The fraction of sp³-hybridized carbons (Fsp3) is 0.714. The fourth-order valence-corrected chi connectivity index (χ4v) is 2.24. The summed E-state index contributed by atoms with van der Waals surface area (Å²) in [6, 6.07) is 1.64. The normalized spacial score (nSPS) is 21.3. The molecular formula is C14H25ClN4O2. The van der Waals surface area contributed by atoms with Crippen LogP contribution in [0, 0.1) is 5.92 Å². The van der Waals surface area contributed by atoms with Crippen molar-refractivity contribution in [1.82, 2.24) is 15.1 Å². The van der Waals surface area contributed by atoms with E-state index in [1.54, 1.807) is 7.11 Å². The number of nitrogens with one attached hydrogen (secondary N) is 2. The number of methoxy groups -OCH3 is 1. The van der Waals surface area contributed by atoms with Gasteiger partial charge in [0.2, 0.25) is 5.91 Å². The monoisotopic (exact) mass is 316 g/mol. The first-order valence-corrected chi connectivity index (χ1v) is 7.19. The van der Waals surface area contributed by atoms with E-state index in [1.807, 2.05) is 16.9 Å². The molecule has 21 heavy (non-hydrogen) atoms. The van der Waals surface area contributed by atoms with Gasteiger partial charge in [0.15, 0.2) is 5.82 Å². The summed E-state index contributed by atoms with van der Waals surface area (Å²) in [5.74, 6) is 1.21. The summed E-state index contributed by atoms with van der Waals surface area (Å²) >= 11 is 0. The third-order valence-corrected chi connectivity index (χ3v) is 3.57. The van der Waals surface area contributed by atoms with E-state index >= 15 is 0 Å². The summed E-state index contributed by atoms with van der Waals surface area (Å²) in [6.45, 7) is 5.97. The summed E-state index contributed by atoms with van der Waals surface area (Å²) in [5.41, 5.74) is 0. The van der Waals surface area contributed by atoms with Crippen molar-refractivity contribution in [3.8, 4) is 0 Å². The molecule has 2 N–H and O–H groups in total. The number of halogens is 1. The molecule has 2 atom stereocenters. The Balaban J connectivity index is 0.00000220. The third-order valence-electron chi connectivity index (χ3n) is 3.57. The molecule has 1 fully saturated rings. The van der Waals surface area contributed by atoms with E-state index in [-0.39, 0.29) is 30.5 Å². The minimum atomic E-state index is -0.194. The minimum Gasteiger partial charge on any atom is -0.380 e. The third kappa shape index (κ3) is 5.30. The zero-order valence-corrected chi connectivity index (χ0v) is 13.7. The van der Waals surface area contributed by atoms with Crippen LogP contribution in [0.1, 0.15) is 26.7 Å². The molecule has 1 saturated heterocycles. The van der Waals surface area contributed by atoms with Crippen molar-refractivity contribution in [3.63, 3.8) is 0 Å². The highest BCUT2D eigenvalue weighted by atomic mass is 35.5. The van der Waals surface area contributed by atoms with Gasteiger partial charge in [-0.3, -0.25) is 9.48 Å². The van der Waals surface area contributed by atoms with Crippen molar-refractivity contribution < 1.29 is 9.53 Å². The predicted molar refractivity (Wildman–Crippen MR) is 84.8 cm³/mol. The van der Waals surface area contributed by atoms with Crippen molar-refractivity contribution in [3.05, 3.63) is 12.3 Å². The molecule has 0 aliphatic carbocycles. The molecule has 1 aromatic heterocycles. The van der Waals surface area contributed by atoms with Gasteiger partial charge in [-0.25, -0.2) is 0 Å². The number of carbonyl (C=O) groups excluding carboxylic acids is 1. The number of ether oxygens (including phenoxy) is 1. The molecular weight excluding hydrogens is 292 g/mol. The van der Waals surface area contributed by atoms with Gasteiger partial charge in [0.25, 0.3) is 0 Å². The van der Waals surface area contributed by atoms with Crippen molar-refractivity contribution in [1.29, 1.82) is 0 Å². The number of amides is 1. The maximum absolute atomic E-state index is 12.1. The molecule has 2 rings (SSSR count). The van der Waals surface area contributed by atoms with Gasteiger partial charge in [-0.1, -0.05) is 13.8 Å². The first kappa shape index (κ1) is 17.9. The van der Waals surface area contributed by atoms with Gasteiger partial charge >= 0.3 is 0 Å². The highest BCUT2D eigenvalue weighted by Gasteiger charge is 2.29. The molecule has 7 heteroatoms. The standard InChI is InChI=1S/C14H24N4O2.ClH/c1-10(2)4-6-18-7-5-13(17-18)16-14(19)12-8-11(20-3)9-15-12;/h5,7,10-12,15H,4,6,8-9H2,1-3H3,(H,16,17,19);1H/t11-,12+;/m0./s1. The van der Waals surface area contributed by atoms with Gasteiger partial charge in [-0.2, -0.15) is 5.10 Å². The average molecular weight is 317 g/mol. The lowest BCUT2D eigenvalue weighted by molar-refractivity contribution is -0.118. The van der Waals surface area contributed by atoms with E-state index in [2.05, 4.69) is 29.6 Å². The molecule has 0 bridgehead atoms. The van der Waals surface area contributed by atoms with E-state index in [0.29, 0.717) is 18.2 Å². The van der Waals surface area contributed by atoms with Crippen LogP contribution in [-0.2, 0) is 16.1 Å². The SMILES string of the molecule is CO[C@@H]1CN[C@@H](C(=O)Nc2ccn(CCC(C)C)n2)C1.Cl. The largest absolute Gasteiger partial charge is 0.380 e. The second-order valence-electron chi connectivity index (χ2n) is 5.69. The van der Waals surface area contributed by atoms with Gasteiger partial charge in [0.05, 0.1) is 12.1 Å². The van der Waals surface area contributed by atoms with Gasteiger partial charge < -0.3 is 15.4 Å². The van der Waals surface area contributed by atoms with Gasteiger partial charge in [-0.15, -0.1) is 12.4 Å². The van der Waals surface area contributed by atoms with E-state index < -0.39 is 0 Å². The Morgan fingerprint density at radius 3 is 3.00 bits per heavy atom. The summed E-state index contributed by atoms with van der Waals surface area (Å²) in [7, 11) is 1.67. The first-order chi connectivity index (χ1) is 9.58. The lowest BCUT2D eigenvalue weighted by Gasteiger charge is -2.09. The number of rotatable bonds is 6. The number of anilines is 1. The van der Waals surface area contributed by atoms with Gasteiger partial charge in [0, 0.05) is 32.5 Å². The molecule has 0 spiro atoms. The van der Waals surface area contributed by atoms with Gasteiger partial charge in [0.1, 0.15) is 0 Å². The zero-order valence-electron chi connectivity index (χ0n) is 12.8. The number of hydrogen-bond acceptors (Lipinski definition) is 4. The Morgan fingerprint density at radius 1 is 1.62 bits per heavy atom. The van der Waals surface area contributed by atoms with E-state index in [4.69, 9.17) is 4.74 Å². The van der Waals surface area contributed by atoms with E-state index in [9.17, 15) is 4.79 Å². The molecule has 1 amide bonds. The molecule has 0 saturated carbocycles. The van der Waals surface area contributed by atoms with E-state index in [0.717, 1.165) is 19.5 Å². The molecule has 1 aromatic rings. The Kier molecular flexibility index (Phi) is 7.14. The van der Waals surface area contributed by atoms with Crippen LogP contribution in [0.4, 0.5) is 5.82 Å². The van der Waals surface area contributed by atoms with Crippen LogP contribution in [0.2, 0.25) is 0 Å². The highest BCUT2D eigenvalue weighted by Crippen LogP contribution is 2.12. The van der Waals surface area contributed by atoms with Crippen LogP contribution in [0.3, 0.4) is 0 Å². The minimum absolute atomic E-state index is 0. The molecule has 2 heterocycles. The van der Waals surface area contributed by atoms with Crippen LogP contribution in [0.15, 0.2) is 12.3 Å². The second kappa shape index (κ2) is 8.36. The number of carbonyl (C=O) groups is 1. The number of aryl methyl sites for hydroxylation is 1. The van der Waals surface area contributed by atoms with Gasteiger partial charge in [-0.05, 0) is 18.8 Å². The average Bonchev–Trinajstić information content (AvgIpc) is 3.05. The van der Waals surface area contributed by atoms with Crippen LogP contribution < -0.4 is 10.6 Å². The second-order valence-corrected chi connectivity index (χ2v) is 5.69. The Morgan fingerprint density at radius 2 is 2.38 bits per heavy atom. The predicted octanol–water partition coefficient (Wildman–Crippen LogP) is 1.67. The van der Waals surface area contributed by atoms with Crippen LogP contribution in [-0.4, -0.2) is 41.5 Å². The summed E-state index contributed by atoms with van der Waals surface area (Å²) in [5, 5.41) is 10.4. The zero-order chi connectivity index (χ0) is 14.5. The summed E-state index contributed by atoms with van der Waals surface area (Å²) in [4.78, 5) is 12.1. The lowest BCUT2D eigenvalue weighted by atomic mass is 10.1. The lowest BCUT2D eigenvalue weighted by Crippen LogP contribution is -2.35. The molecule has 120 valence electrons. The Hall–Kier alpha value is -1.11. The molecule has 1 aliphatic rings. The molecule has 1 aliphatic heterocycles. The summed E-state index contributed by atoms with van der Waals surface area (Å²) in [6.07, 6.45) is 3.80. The van der Waals surface area contributed by atoms with Crippen LogP contribution in [0.5, 0.6) is 0 Å². The van der Waals surface area contributed by atoms with Crippen LogP contribution in [0.25, 0.3) is 0 Å². The number of hydrogen-bond donors (Lipinski definition) is 2. The topological polar surface area (TPSA) is 68.2 Å². The number of aromatic nitrogens is 2. The van der Waals surface area contributed by atoms with Crippen molar-refractivity contribution in [2.75, 3.05) is 19.0 Å². The van der Waals surface area contributed by atoms with E-state index in [1.165, 1.54) is 0 Å². The molecule has 0 unspecified atom stereocenters.